The fourth-order valence-corrected chi connectivity index (χ4v) is 6.95. The molecule has 8 heteroatoms. The Hall–Kier alpha value is -3.65. The van der Waals surface area contributed by atoms with Gasteiger partial charge in [0.05, 0.1) is 11.9 Å². The van der Waals surface area contributed by atoms with Gasteiger partial charge in [-0.3, -0.25) is 13.9 Å². The smallest absolute Gasteiger partial charge is 0.243 e. The number of nitrogens with zero attached hydrogens (tertiary/aromatic N) is 2. The summed E-state index contributed by atoms with van der Waals surface area (Å²) in [5.41, 5.74) is 5.70. The molecule has 3 aromatic carbocycles. The minimum Gasteiger partial charge on any atom is -0.352 e. The quantitative estimate of drug-likeness (QED) is 0.246. The van der Waals surface area contributed by atoms with E-state index < -0.39 is 16.1 Å². The number of hydrogen-bond donors (Lipinski definition) is 1. The number of carbonyl (C=O) groups excluding carboxylic acids is 2. The molecule has 1 atom stereocenters. The summed E-state index contributed by atoms with van der Waals surface area (Å²) in [6, 6.07) is 22.8. The molecule has 236 valence electrons. The number of carbonyl (C=O) groups is 2. The van der Waals surface area contributed by atoms with Crippen molar-refractivity contribution >= 4 is 27.5 Å². The van der Waals surface area contributed by atoms with Gasteiger partial charge in [0, 0.05) is 32.0 Å². The summed E-state index contributed by atoms with van der Waals surface area (Å²) in [6.07, 6.45) is 7.31. The maximum atomic E-state index is 14.1. The summed E-state index contributed by atoms with van der Waals surface area (Å²) in [4.78, 5) is 29.8. The van der Waals surface area contributed by atoms with Gasteiger partial charge < -0.3 is 10.2 Å². The van der Waals surface area contributed by atoms with E-state index in [1.807, 2.05) is 87.5 Å². The zero-order valence-electron chi connectivity index (χ0n) is 26.6. The van der Waals surface area contributed by atoms with Crippen molar-refractivity contribution in [3.63, 3.8) is 0 Å². The molecule has 0 heterocycles. The van der Waals surface area contributed by atoms with Crippen LogP contribution in [-0.2, 0) is 32.6 Å². The SMILES string of the molecule is Cc1cccc(CN(C(=O)CCCN(c2ccc(C)c(C)c2)S(C)(=O)=O)C(Cc2ccccc2)C(=O)NC2CCCCC2)c1. The van der Waals surface area contributed by atoms with Crippen LogP contribution in [0, 0.1) is 20.8 Å². The lowest BCUT2D eigenvalue weighted by Crippen LogP contribution is -2.53. The second-order valence-corrected chi connectivity index (χ2v) is 14.2. The Morgan fingerprint density at radius 3 is 2.23 bits per heavy atom. The van der Waals surface area contributed by atoms with Gasteiger partial charge in [-0.25, -0.2) is 8.42 Å². The second kappa shape index (κ2) is 15.4. The Bertz CT molecular complexity index is 1520. The summed E-state index contributed by atoms with van der Waals surface area (Å²) in [7, 11) is -3.56. The van der Waals surface area contributed by atoms with Crippen molar-refractivity contribution in [1.82, 2.24) is 10.2 Å². The first-order valence-electron chi connectivity index (χ1n) is 15.8. The molecule has 0 bridgehead atoms. The van der Waals surface area contributed by atoms with Crippen LogP contribution >= 0.6 is 0 Å². The van der Waals surface area contributed by atoms with E-state index in [1.165, 1.54) is 17.0 Å². The predicted octanol–water partition coefficient (Wildman–Crippen LogP) is 6.25. The summed E-state index contributed by atoms with van der Waals surface area (Å²) < 4.78 is 26.9. The zero-order valence-corrected chi connectivity index (χ0v) is 27.4. The molecular weight excluding hydrogens is 570 g/mol. The predicted molar refractivity (Wildman–Crippen MR) is 178 cm³/mol. The van der Waals surface area contributed by atoms with E-state index in [4.69, 9.17) is 0 Å². The van der Waals surface area contributed by atoms with Crippen molar-refractivity contribution in [2.45, 2.75) is 90.8 Å². The average molecular weight is 618 g/mol. The fourth-order valence-electron chi connectivity index (χ4n) is 5.99. The third-order valence-corrected chi connectivity index (χ3v) is 9.78. The minimum atomic E-state index is -3.56. The van der Waals surface area contributed by atoms with Crippen LogP contribution in [0.15, 0.2) is 72.8 Å². The van der Waals surface area contributed by atoms with E-state index in [9.17, 15) is 18.0 Å². The van der Waals surface area contributed by atoms with Crippen LogP contribution in [0.4, 0.5) is 5.69 Å². The first-order chi connectivity index (χ1) is 21.0. The Morgan fingerprint density at radius 1 is 0.864 bits per heavy atom. The maximum Gasteiger partial charge on any atom is 0.243 e. The number of nitrogens with one attached hydrogen (secondary N) is 1. The van der Waals surface area contributed by atoms with E-state index in [2.05, 4.69) is 5.32 Å². The summed E-state index contributed by atoms with van der Waals surface area (Å²) >= 11 is 0. The molecule has 1 aliphatic carbocycles. The molecule has 1 N–H and O–H groups in total. The highest BCUT2D eigenvalue weighted by atomic mass is 32.2. The number of benzene rings is 3. The lowest BCUT2D eigenvalue weighted by Gasteiger charge is -2.34. The van der Waals surface area contributed by atoms with Gasteiger partial charge in [-0.05, 0) is 74.4 Å². The zero-order chi connectivity index (χ0) is 31.7. The number of aryl methyl sites for hydroxylation is 3. The molecule has 3 aromatic rings. The molecule has 2 amide bonds. The number of hydrogen-bond acceptors (Lipinski definition) is 4. The summed E-state index contributed by atoms with van der Waals surface area (Å²) in [5, 5.41) is 3.28. The van der Waals surface area contributed by atoms with Crippen LogP contribution in [0.25, 0.3) is 0 Å². The van der Waals surface area contributed by atoms with Gasteiger partial charge in [0.25, 0.3) is 0 Å². The van der Waals surface area contributed by atoms with Crippen molar-refractivity contribution in [3.05, 3.63) is 101 Å². The molecule has 0 aromatic heterocycles. The van der Waals surface area contributed by atoms with E-state index in [0.29, 0.717) is 25.1 Å². The molecule has 1 aliphatic rings. The van der Waals surface area contributed by atoms with Crippen LogP contribution in [0.1, 0.15) is 72.8 Å². The second-order valence-electron chi connectivity index (χ2n) is 12.3. The van der Waals surface area contributed by atoms with Gasteiger partial charge in [0.2, 0.25) is 21.8 Å². The van der Waals surface area contributed by atoms with Crippen molar-refractivity contribution < 1.29 is 18.0 Å². The lowest BCUT2D eigenvalue weighted by atomic mass is 9.94. The lowest BCUT2D eigenvalue weighted by molar-refractivity contribution is -0.141. The molecule has 0 aliphatic heterocycles. The first kappa shape index (κ1) is 33.2. The van der Waals surface area contributed by atoms with Gasteiger partial charge in [-0.1, -0.05) is 85.5 Å². The molecule has 0 radical (unpaired) electrons. The first-order valence-corrected chi connectivity index (χ1v) is 17.6. The summed E-state index contributed by atoms with van der Waals surface area (Å²) in [6.45, 7) is 6.42. The molecule has 1 saturated carbocycles. The fraction of sp³-hybridized carbons (Fsp3) is 0.444. The van der Waals surface area contributed by atoms with Gasteiger partial charge in [0.1, 0.15) is 6.04 Å². The van der Waals surface area contributed by atoms with E-state index >= 15 is 0 Å². The molecular formula is C36H47N3O4S. The number of anilines is 1. The Morgan fingerprint density at radius 2 is 1.57 bits per heavy atom. The number of rotatable bonds is 13. The van der Waals surface area contributed by atoms with Gasteiger partial charge in [-0.15, -0.1) is 0 Å². The standard InChI is InChI=1S/C36H47N3O4S/c1-27-13-11-16-31(23-27)26-38(34(25-30-14-7-5-8-15-30)36(41)37-32-17-9-6-10-18-32)35(40)19-12-22-39(44(4,42)43)33-21-20-28(2)29(3)24-33/h5,7-8,11,13-16,20-21,23-24,32,34H,6,9-10,12,17-19,22,25-26H2,1-4H3,(H,37,41). The maximum absolute atomic E-state index is 14.1. The van der Waals surface area contributed by atoms with Gasteiger partial charge in [-0.2, -0.15) is 0 Å². The number of amides is 2. The van der Waals surface area contributed by atoms with E-state index in [0.717, 1.165) is 53.5 Å². The third kappa shape index (κ3) is 9.42. The molecule has 4 rings (SSSR count). The molecule has 0 saturated heterocycles. The van der Waals surface area contributed by atoms with Crippen molar-refractivity contribution in [1.29, 1.82) is 0 Å². The van der Waals surface area contributed by atoms with Gasteiger partial charge >= 0.3 is 0 Å². The van der Waals surface area contributed by atoms with E-state index in [1.54, 1.807) is 11.0 Å². The molecule has 0 spiro atoms. The van der Waals surface area contributed by atoms with Crippen LogP contribution in [-0.4, -0.2) is 50.0 Å². The van der Waals surface area contributed by atoms with Crippen LogP contribution < -0.4 is 9.62 Å². The average Bonchev–Trinajstić information content (AvgIpc) is 2.99. The van der Waals surface area contributed by atoms with Crippen molar-refractivity contribution in [3.8, 4) is 0 Å². The highest BCUT2D eigenvalue weighted by Gasteiger charge is 2.32. The largest absolute Gasteiger partial charge is 0.352 e. The monoisotopic (exact) mass is 617 g/mol. The molecule has 7 nitrogen and oxygen atoms in total. The highest BCUT2D eigenvalue weighted by Crippen LogP contribution is 2.24. The minimum absolute atomic E-state index is 0.116. The topological polar surface area (TPSA) is 86.8 Å². The third-order valence-electron chi connectivity index (χ3n) is 8.59. The van der Waals surface area contributed by atoms with E-state index in [-0.39, 0.29) is 30.8 Å². The van der Waals surface area contributed by atoms with Gasteiger partial charge in [0.15, 0.2) is 0 Å². The Kier molecular flexibility index (Phi) is 11.6. The van der Waals surface area contributed by atoms with Crippen molar-refractivity contribution in [2.24, 2.45) is 0 Å². The van der Waals surface area contributed by atoms with Crippen molar-refractivity contribution in [2.75, 3.05) is 17.1 Å². The molecule has 1 unspecified atom stereocenters. The normalized spacial score (nSPS) is 14.5. The van der Waals surface area contributed by atoms with Crippen LogP contribution in [0.5, 0.6) is 0 Å². The Balaban J connectivity index is 1.59. The Labute approximate surface area is 263 Å². The van der Waals surface area contributed by atoms with Crippen LogP contribution in [0.3, 0.4) is 0 Å². The summed E-state index contributed by atoms with van der Waals surface area (Å²) in [5.74, 6) is -0.297. The number of sulfonamides is 1. The molecule has 1 fully saturated rings. The highest BCUT2D eigenvalue weighted by molar-refractivity contribution is 7.92. The van der Waals surface area contributed by atoms with Crippen LogP contribution in [0.2, 0.25) is 0 Å². The molecule has 44 heavy (non-hydrogen) atoms.